The molecular formula is C8H11ClN2O2. The van der Waals surface area contributed by atoms with Crippen LogP contribution < -0.4 is 11.3 Å². The van der Waals surface area contributed by atoms with Gasteiger partial charge in [-0.05, 0) is 13.0 Å². The topological polar surface area (TPSA) is 79.1 Å². The highest BCUT2D eigenvalue weighted by Crippen LogP contribution is 2.19. The molecule has 5 heteroatoms. The number of aromatic nitrogens is 1. The Kier molecular flexibility index (Phi) is 3.08. The van der Waals surface area contributed by atoms with Gasteiger partial charge in [0.05, 0.1) is 12.1 Å². The molecule has 1 aromatic rings. The third kappa shape index (κ3) is 2.30. The summed E-state index contributed by atoms with van der Waals surface area (Å²) in [4.78, 5) is 13.2. The number of hydrogen-bond acceptors (Lipinski definition) is 3. The normalized spacial score (nSPS) is 15.4. The van der Waals surface area contributed by atoms with Gasteiger partial charge in [0, 0.05) is 11.6 Å². The smallest absolute Gasteiger partial charge is 0.249 e. The Labute approximate surface area is 80.3 Å². The molecule has 4 N–H and O–H groups in total. The molecule has 1 heterocycles. The van der Waals surface area contributed by atoms with Crippen molar-refractivity contribution < 1.29 is 5.11 Å². The number of aliphatic hydroxyl groups excluding tert-OH is 1. The molecule has 0 fully saturated rings. The van der Waals surface area contributed by atoms with Gasteiger partial charge < -0.3 is 15.8 Å². The van der Waals surface area contributed by atoms with Gasteiger partial charge in [-0.3, -0.25) is 4.79 Å². The fraction of sp³-hybridized carbons (Fsp3) is 0.375. The molecular weight excluding hydrogens is 192 g/mol. The zero-order valence-electron chi connectivity index (χ0n) is 7.12. The fourth-order valence-corrected chi connectivity index (χ4v) is 1.26. The molecule has 0 aliphatic rings. The molecule has 0 saturated carbocycles. The first-order valence-corrected chi connectivity index (χ1v) is 4.22. The summed E-state index contributed by atoms with van der Waals surface area (Å²) in [5.41, 5.74) is 5.88. The van der Waals surface area contributed by atoms with Crippen LogP contribution in [0.25, 0.3) is 0 Å². The minimum Gasteiger partial charge on any atom is -0.391 e. The summed E-state index contributed by atoms with van der Waals surface area (Å²) in [5, 5.41) is 9.37. The molecule has 2 atom stereocenters. The molecule has 13 heavy (non-hydrogen) atoms. The number of nitrogens with two attached hydrogens (primary N) is 1. The van der Waals surface area contributed by atoms with Gasteiger partial charge in [0.2, 0.25) is 5.56 Å². The molecule has 4 nitrogen and oxygen atoms in total. The lowest BCUT2D eigenvalue weighted by Gasteiger charge is -2.15. The standard InChI is InChI=1S/C8H11ClN2O2/c1-4(12)7(10)5-2-3-6(13)11-8(5)9/h2-4,7,12H,10H2,1H3,(H,11,13). The first-order valence-electron chi connectivity index (χ1n) is 3.84. The molecule has 0 spiro atoms. The van der Waals surface area contributed by atoms with Crippen molar-refractivity contribution >= 4 is 11.6 Å². The van der Waals surface area contributed by atoms with Crippen molar-refractivity contribution in [3.63, 3.8) is 0 Å². The molecule has 0 saturated heterocycles. The summed E-state index contributed by atoms with van der Waals surface area (Å²) in [5.74, 6) is 0. The Hall–Kier alpha value is -0.840. The lowest BCUT2D eigenvalue weighted by Crippen LogP contribution is -2.24. The van der Waals surface area contributed by atoms with E-state index in [1.807, 2.05) is 0 Å². The van der Waals surface area contributed by atoms with Gasteiger partial charge in [0.1, 0.15) is 5.15 Å². The number of halogens is 1. The van der Waals surface area contributed by atoms with Gasteiger partial charge in [-0.15, -0.1) is 0 Å². The van der Waals surface area contributed by atoms with E-state index in [1.54, 1.807) is 6.92 Å². The van der Waals surface area contributed by atoms with Crippen LogP contribution in [0, 0.1) is 0 Å². The van der Waals surface area contributed by atoms with Gasteiger partial charge in [-0.2, -0.15) is 0 Å². The van der Waals surface area contributed by atoms with Crippen LogP contribution in [0.4, 0.5) is 0 Å². The molecule has 0 aliphatic carbocycles. The van der Waals surface area contributed by atoms with Gasteiger partial charge in [-0.1, -0.05) is 11.6 Å². The minimum absolute atomic E-state index is 0.181. The van der Waals surface area contributed by atoms with E-state index in [1.165, 1.54) is 12.1 Å². The number of nitrogens with one attached hydrogen (secondary N) is 1. The summed E-state index contributed by atoms with van der Waals surface area (Å²) in [6.45, 7) is 1.56. The fourth-order valence-electron chi connectivity index (χ4n) is 0.978. The van der Waals surface area contributed by atoms with Crippen molar-refractivity contribution in [3.8, 4) is 0 Å². The van der Waals surface area contributed by atoms with E-state index in [0.717, 1.165) is 0 Å². The molecule has 0 amide bonds. The van der Waals surface area contributed by atoms with Gasteiger partial charge in [-0.25, -0.2) is 0 Å². The van der Waals surface area contributed by atoms with Crippen LogP contribution in [0.2, 0.25) is 5.15 Å². The zero-order valence-corrected chi connectivity index (χ0v) is 7.88. The first-order chi connectivity index (χ1) is 6.02. The molecule has 0 bridgehead atoms. The first kappa shape index (κ1) is 10.2. The Bertz CT molecular complexity index is 348. The van der Waals surface area contributed by atoms with Crippen LogP contribution in [-0.4, -0.2) is 16.2 Å². The van der Waals surface area contributed by atoms with E-state index in [0.29, 0.717) is 5.56 Å². The Morgan fingerprint density at radius 2 is 2.23 bits per heavy atom. The molecule has 0 aliphatic heterocycles. The average molecular weight is 203 g/mol. The highest BCUT2D eigenvalue weighted by atomic mass is 35.5. The van der Waals surface area contributed by atoms with Gasteiger partial charge >= 0.3 is 0 Å². The molecule has 0 aromatic carbocycles. The Morgan fingerprint density at radius 1 is 1.62 bits per heavy atom. The number of aliphatic hydroxyl groups is 1. The molecule has 1 rings (SSSR count). The molecule has 2 unspecified atom stereocenters. The summed E-state index contributed by atoms with van der Waals surface area (Å²) >= 11 is 5.72. The highest BCUT2D eigenvalue weighted by molar-refractivity contribution is 6.30. The second-order valence-electron chi connectivity index (χ2n) is 2.86. The quantitative estimate of drug-likeness (QED) is 0.608. The summed E-state index contributed by atoms with van der Waals surface area (Å²) in [7, 11) is 0. The zero-order chi connectivity index (χ0) is 10.0. The molecule has 0 radical (unpaired) electrons. The highest BCUT2D eigenvalue weighted by Gasteiger charge is 2.15. The summed E-state index contributed by atoms with van der Waals surface area (Å²) in [6, 6.07) is 2.26. The second-order valence-corrected chi connectivity index (χ2v) is 3.24. The third-order valence-corrected chi connectivity index (χ3v) is 2.09. The maximum Gasteiger partial charge on any atom is 0.249 e. The van der Waals surface area contributed by atoms with E-state index in [2.05, 4.69) is 4.98 Å². The van der Waals surface area contributed by atoms with E-state index < -0.39 is 12.1 Å². The summed E-state index contributed by atoms with van der Waals surface area (Å²) in [6.07, 6.45) is -0.705. The van der Waals surface area contributed by atoms with Gasteiger partial charge in [0.15, 0.2) is 0 Å². The lowest BCUT2D eigenvalue weighted by atomic mass is 10.1. The monoisotopic (exact) mass is 202 g/mol. The van der Waals surface area contributed by atoms with Crippen molar-refractivity contribution in [3.05, 3.63) is 33.2 Å². The number of H-pyrrole nitrogens is 1. The Balaban J connectivity index is 3.08. The summed E-state index contributed by atoms with van der Waals surface area (Å²) < 4.78 is 0. The second kappa shape index (κ2) is 3.91. The van der Waals surface area contributed by atoms with E-state index in [-0.39, 0.29) is 10.7 Å². The van der Waals surface area contributed by atoms with Crippen molar-refractivity contribution in [2.24, 2.45) is 5.73 Å². The van der Waals surface area contributed by atoms with Crippen molar-refractivity contribution in [2.45, 2.75) is 19.1 Å². The van der Waals surface area contributed by atoms with Crippen molar-refractivity contribution in [1.82, 2.24) is 4.98 Å². The number of hydrogen-bond donors (Lipinski definition) is 3. The van der Waals surface area contributed by atoms with Crippen LogP contribution in [-0.2, 0) is 0 Å². The van der Waals surface area contributed by atoms with E-state index in [9.17, 15) is 9.90 Å². The van der Waals surface area contributed by atoms with Crippen LogP contribution in [0.5, 0.6) is 0 Å². The predicted octanol–water partition coefficient (Wildman–Crippen LogP) is 0.409. The van der Waals surface area contributed by atoms with Crippen LogP contribution in [0.1, 0.15) is 18.5 Å². The predicted molar refractivity (Wildman–Crippen MR) is 50.7 cm³/mol. The number of pyridine rings is 1. The molecule has 1 aromatic heterocycles. The van der Waals surface area contributed by atoms with Gasteiger partial charge in [0.25, 0.3) is 0 Å². The maximum atomic E-state index is 10.8. The number of aromatic amines is 1. The lowest BCUT2D eigenvalue weighted by molar-refractivity contribution is 0.164. The maximum absolute atomic E-state index is 10.8. The SMILES string of the molecule is CC(O)C(N)c1ccc(=O)[nH]c1Cl. The third-order valence-electron chi connectivity index (χ3n) is 1.78. The van der Waals surface area contributed by atoms with Crippen LogP contribution in [0.3, 0.4) is 0 Å². The number of rotatable bonds is 2. The van der Waals surface area contributed by atoms with Crippen LogP contribution >= 0.6 is 11.6 Å². The average Bonchev–Trinajstić information content (AvgIpc) is 2.03. The van der Waals surface area contributed by atoms with Crippen molar-refractivity contribution in [1.29, 1.82) is 0 Å². The minimum atomic E-state index is -0.705. The van der Waals surface area contributed by atoms with Crippen LogP contribution in [0.15, 0.2) is 16.9 Å². The van der Waals surface area contributed by atoms with E-state index in [4.69, 9.17) is 17.3 Å². The largest absolute Gasteiger partial charge is 0.391 e. The van der Waals surface area contributed by atoms with E-state index >= 15 is 0 Å². The Morgan fingerprint density at radius 3 is 2.69 bits per heavy atom. The molecule has 72 valence electrons. The van der Waals surface area contributed by atoms with Crippen molar-refractivity contribution in [2.75, 3.05) is 0 Å².